The zero-order valence-electron chi connectivity index (χ0n) is 11.6. The highest BCUT2D eigenvalue weighted by Crippen LogP contribution is 2.36. The minimum absolute atomic E-state index is 0. The number of rotatable bonds is 1. The van der Waals surface area contributed by atoms with Gasteiger partial charge in [0.15, 0.2) is 0 Å². The monoisotopic (exact) mass is 358 g/mol. The largest absolute Gasteiger partial charge is 0.338 e. The minimum Gasteiger partial charge on any atom is -0.338 e. The zero-order valence-corrected chi connectivity index (χ0v) is 14.0. The van der Waals surface area contributed by atoms with E-state index in [1.165, 1.54) is 6.42 Å². The Morgan fingerprint density at radius 1 is 1.35 bits per heavy atom. The number of benzene rings is 1. The molecule has 2 aliphatic rings. The fourth-order valence-corrected chi connectivity index (χ4v) is 3.90. The lowest BCUT2D eigenvalue weighted by Crippen LogP contribution is -2.33. The molecule has 0 aliphatic carbocycles. The number of carbonyl (C=O) groups excluding carboxylic acids is 1. The maximum absolute atomic E-state index is 12.6. The summed E-state index contributed by atoms with van der Waals surface area (Å²) in [6.07, 6.45) is 2.34. The number of hydrogen-bond donors (Lipinski definition) is 1. The van der Waals surface area contributed by atoms with Crippen molar-refractivity contribution < 1.29 is 4.79 Å². The van der Waals surface area contributed by atoms with Gasteiger partial charge in [-0.2, -0.15) is 0 Å². The molecule has 2 heterocycles. The second-order valence-electron chi connectivity index (χ2n) is 5.92. The first-order valence-corrected chi connectivity index (χ1v) is 7.65. The van der Waals surface area contributed by atoms with Crippen LogP contribution in [-0.2, 0) is 0 Å². The predicted molar refractivity (Wildman–Crippen MR) is 86.6 cm³/mol. The lowest BCUT2D eigenvalue weighted by molar-refractivity contribution is 0.0775. The van der Waals surface area contributed by atoms with Gasteiger partial charge >= 0.3 is 0 Å². The highest BCUT2D eigenvalue weighted by molar-refractivity contribution is 9.10. The van der Waals surface area contributed by atoms with Crippen LogP contribution in [0.1, 0.15) is 28.8 Å². The van der Waals surface area contributed by atoms with Crippen LogP contribution in [0, 0.1) is 12.3 Å². The molecule has 1 spiro atoms. The van der Waals surface area contributed by atoms with E-state index in [9.17, 15) is 4.79 Å². The number of carbonyl (C=O) groups is 1. The average Bonchev–Trinajstić information content (AvgIpc) is 2.98. The Balaban J connectivity index is 0.00000147. The topological polar surface area (TPSA) is 32.3 Å². The molecule has 0 radical (unpaired) electrons. The van der Waals surface area contributed by atoms with Gasteiger partial charge in [0, 0.05) is 35.1 Å². The molecule has 1 aromatic rings. The molecule has 0 aromatic heterocycles. The summed E-state index contributed by atoms with van der Waals surface area (Å²) < 4.78 is 0.979. The van der Waals surface area contributed by atoms with Crippen LogP contribution in [0.25, 0.3) is 0 Å². The Kier molecular flexibility index (Phi) is 4.77. The summed E-state index contributed by atoms with van der Waals surface area (Å²) in [6, 6.07) is 5.93. The molecule has 1 atom stereocenters. The molecular formula is C15H20BrClN2O. The minimum atomic E-state index is 0. The standard InChI is InChI=1S/C15H19BrN2O.ClH/c1-11-6-12(8-13(16)7-11)14(19)18-5-3-15(10-18)2-4-17-9-15;/h6-8,17H,2-5,9-10H2,1H3;1H. The van der Waals surface area contributed by atoms with Crippen molar-refractivity contribution in [1.29, 1.82) is 0 Å². The molecule has 2 aliphatic heterocycles. The number of nitrogens with one attached hydrogen (secondary N) is 1. The van der Waals surface area contributed by atoms with Crippen LogP contribution in [0.5, 0.6) is 0 Å². The summed E-state index contributed by atoms with van der Waals surface area (Å²) in [5.74, 6) is 0.174. The fraction of sp³-hybridized carbons (Fsp3) is 0.533. The van der Waals surface area contributed by atoms with Crippen molar-refractivity contribution in [2.45, 2.75) is 19.8 Å². The molecule has 1 aromatic carbocycles. The number of nitrogens with zero attached hydrogens (tertiary/aromatic N) is 1. The van der Waals surface area contributed by atoms with Crippen LogP contribution >= 0.6 is 28.3 Å². The van der Waals surface area contributed by atoms with Gasteiger partial charge in [-0.3, -0.25) is 4.79 Å². The summed E-state index contributed by atoms with van der Waals surface area (Å²) in [5, 5.41) is 3.43. The van der Waals surface area contributed by atoms with Crippen LogP contribution in [0.15, 0.2) is 22.7 Å². The van der Waals surface area contributed by atoms with Gasteiger partial charge in [0.2, 0.25) is 0 Å². The van der Waals surface area contributed by atoms with Crippen molar-refractivity contribution >= 4 is 34.2 Å². The summed E-state index contributed by atoms with van der Waals surface area (Å²) in [5.41, 5.74) is 2.26. The van der Waals surface area contributed by atoms with Crippen molar-refractivity contribution in [2.24, 2.45) is 5.41 Å². The summed E-state index contributed by atoms with van der Waals surface area (Å²) >= 11 is 3.47. The van der Waals surface area contributed by atoms with Crippen molar-refractivity contribution in [3.63, 3.8) is 0 Å². The van der Waals surface area contributed by atoms with E-state index in [1.54, 1.807) is 0 Å². The summed E-state index contributed by atoms with van der Waals surface area (Å²) in [6.45, 7) is 5.98. The van der Waals surface area contributed by atoms with E-state index in [4.69, 9.17) is 0 Å². The number of likely N-dealkylation sites (tertiary alicyclic amines) is 1. The maximum Gasteiger partial charge on any atom is 0.253 e. The van der Waals surface area contributed by atoms with E-state index in [0.29, 0.717) is 5.41 Å². The van der Waals surface area contributed by atoms with E-state index in [2.05, 4.69) is 21.2 Å². The highest BCUT2D eigenvalue weighted by Gasteiger charge is 2.41. The first kappa shape index (κ1) is 15.8. The van der Waals surface area contributed by atoms with Crippen LogP contribution in [0.3, 0.4) is 0 Å². The lowest BCUT2D eigenvalue weighted by Gasteiger charge is -2.23. The number of hydrogen-bond acceptors (Lipinski definition) is 2. The molecule has 110 valence electrons. The Morgan fingerprint density at radius 2 is 2.15 bits per heavy atom. The Bertz CT molecular complexity index is 494. The molecule has 0 bridgehead atoms. The second-order valence-corrected chi connectivity index (χ2v) is 6.84. The van der Waals surface area contributed by atoms with E-state index in [-0.39, 0.29) is 18.3 Å². The molecule has 2 saturated heterocycles. The molecule has 2 fully saturated rings. The zero-order chi connectivity index (χ0) is 13.5. The van der Waals surface area contributed by atoms with Crippen molar-refractivity contribution in [1.82, 2.24) is 10.2 Å². The molecule has 1 unspecified atom stereocenters. The van der Waals surface area contributed by atoms with Crippen molar-refractivity contribution in [3.8, 4) is 0 Å². The Morgan fingerprint density at radius 3 is 2.80 bits per heavy atom. The molecule has 3 rings (SSSR count). The van der Waals surface area contributed by atoms with Gasteiger partial charge in [-0.1, -0.05) is 15.9 Å². The predicted octanol–water partition coefficient (Wildman–Crippen LogP) is 3.00. The SMILES string of the molecule is Cc1cc(Br)cc(C(=O)N2CCC3(CCNC3)C2)c1.Cl. The van der Waals surface area contributed by atoms with Crippen LogP contribution in [-0.4, -0.2) is 37.0 Å². The Hall–Kier alpha value is -0.580. The molecule has 1 amide bonds. The molecule has 1 N–H and O–H groups in total. The van der Waals surface area contributed by atoms with Crippen molar-refractivity contribution in [3.05, 3.63) is 33.8 Å². The lowest BCUT2D eigenvalue weighted by atomic mass is 9.86. The quantitative estimate of drug-likeness (QED) is 0.836. The third-order valence-corrected chi connectivity index (χ3v) is 4.80. The second kappa shape index (κ2) is 6.04. The summed E-state index contributed by atoms with van der Waals surface area (Å²) in [4.78, 5) is 14.6. The number of aryl methyl sites for hydroxylation is 1. The van der Waals surface area contributed by atoms with Gasteiger partial charge in [0.05, 0.1) is 0 Å². The number of amides is 1. The van der Waals surface area contributed by atoms with E-state index in [1.807, 2.05) is 30.0 Å². The van der Waals surface area contributed by atoms with E-state index >= 15 is 0 Å². The van der Waals surface area contributed by atoms with Crippen LogP contribution < -0.4 is 5.32 Å². The van der Waals surface area contributed by atoms with Crippen molar-refractivity contribution in [2.75, 3.05) is 26.2 Å². The smallest absolute Gasteiger partial charge is 0.253 e. The third-order valence-electron chi connectivity index (χ3n) is 4.35. The fourth-order valence-electron chi connectivity index (χ4n) is 3.29. The van der Waals surface area contributed by atoms with Gasteiger partial charge in [-0.25, -0.2) is 0 Å². The van der Waals surface area contributed by atoms with E-state index < -0.39 is 0 Å². The molecule has 0 saturated carbocycles. The Labute approximate surface area is 134 Å². The van der Waals surface area contributed by atoms with Gasteiger partial charge in [-0.15, -0.1) is 12.4 Å². The normalized spacial score (nSPS) is 25.0. The van der Waals surface area contributed by atoms with Crippen LogP contribution in [0.2, 0.25) is 0 Å². The van der Waals surface area contributed by atoms with Gasteiger partial charge in [0.25, 0.3) is 5.91 Å². The maximum atomic E-state index is 12.6. The van der Waals surface area contributed by atoms with Gasteiger partial charge in [-0.05, 0) is 50.1 Å². The first-order valence-electron chi connectivity index (χ1n) is 6.85. The molecule has 5 heteroatoms. The first-order chi connectivity index (χ1) is 9.08. The summed E-state index contributed by atoms with van der Waals surface area (Å²) in [7, 11) is 0. The highest BCUT2D eigenvalue weighted by atomic mass is 79.9. The van der Waals surface area contributed by atoms with Gasteiger partial charge < -0.3 is 10.2 Å². The van der Waals surface area contributed by atoms with E-state index in [0.717, 1.165) is 48.2 Å². The average molecular weight is 360 g/mol. The molecule has 3 nitrogen and oxygen atoms in total. The van der Waals surface area contributed by atoms with Gasteiger partial charge in [0.1, 0.15) is 0 Å². The third kappa shape index (κ3) is 3.02. The molecular weight excluding hydrogens is 340 g/mol. The number of halogens is 2. The van der Waals surface area contributed by atoms with Crippen LogP contribution in [0.4, 0.5) is 0 Å². The molecule has 20 heavy (non-hydrogen) atoms.